The maximum absolute atomic E-state index is 10.7. The van der Waals surface area contributed by atoms with E-state index in [1.54, 1.807) is 19.1 Å². The van der Waals surface area contributed by atoms with Gasteiger partial charge in [-0.1, -0.05) is 6.07 Å². The number of para-hydroxylation sites is 1. The van der Waals surface area contributed by atoms with Crippen LogP contribution in [-0.4, -0.2) is 24.1 Å². The molecule has 0 aromatic heterocycles. The molecule has 0 fully saturated rings. The smallest absolute Gasteiger partial charge is 0.153 e. The molecule has 0 spiro atoms. The number of hydrogen-bond acceptors (Lipinski definition) is 3. The summed E-state index contributed by atoms with van der Waals surface area (Å²) >= 11 is 3.31. The van der Waals surface area contributed by atoms with E-state index in [4.69, 9.17) is 9.84 Å². The lowest BCUT2D eigenvalue weighted by Gasteiger charge is -2.10. The molecule has 0 saturated carbocycles. The van der Waals surface area contributed by atoms with Crippen LogP contribution in [0.3, 0.4) is 0 Å². The highest BCUT2D eigenvalue weighted by atomic mass is 79.9. The van der Waals surface area contributed by atoms with Crippen LogP contribution in [0.25, 0.3) is 0 Å². The van der Waals surface area contributed by atoms with Gasteiger partial charge in [0.1, 0.15) is 5.75 Å². The summed E-state index contributed by atoms with van der Waals surface area (Å²) in [5, 5.41) is 9.06. The van der Waals surface area contributed by atoms with Crippen LogP contribution in [0.4, 0.5) is 0 Å². The number of carbonyl (C=O) groups excluding carboxylic acids is 1. The van der Waals surface area contributed by atoms with Crippen LogP contribution in [0.1, 0.15) is 23.7 Å². The van der Waals surface area contributed by atoms with Crippen LogP contribution in [-0.2, 0) is 0 Å². The standard InChI is InChI=1S/C11H13BrO3/c1-8(14)5-6-15-11-9(7-13)3-2-4-10(11)12/h2-4,7-8,14H,5-6H2,1H3. The van der Waals surface area contributed by atoms with Gasteiger partial charge in [-0.25, -0.2) is 0 Å². The van der Waals surface area contributed by atoms with Crippen molar-refractivity contribution < 1.29 is 14.6 Å². The van der Waals surface area contributed by atoms with Crippen LogP contribution < -0.4 is 4.74 Å². The van der Waals surface area contributed by atoms with Crippen molar-refractivity contribution in [3.8, 4) is 5.75 Å². The van der Waals surface area contributed by atoms with Gasteiger partial charge in [-0.3, -0.25) is 4.79 Å². The molecule has 0 aliphatic heterocycles. The maximum atomic E-state index is 10.7. The van der Waals surface area contributed by atoms with Crippen LogP contribution in [0, 0.1) is 0 Å². The van der Waals surface area contributed by atoms with Gasteiger partial charge in [0.15, 0.2) is 6.29 Å². The number of halogens is 1. The zero-order chi connectivity index (χ0) is 11.3. The fourth-order valence-electron chi connectivity index (χ4n) is 1.10. The second kappa shape index (κ2) is 5.88. The molecule has 0 aliphatic rings. The van der Waals surface area contributed by atoms with Crippen molar-refractivity contribution in [3.05, 3.63) is 28.2 Å². The number of rotatable bonds is 5. The summed E-state index contributed by atoms with van der Waals surface area (Å²) in [6.07, 6.45) is 0.898. The molecule has 82 valence electrons. The highest BCUT2D eigenvalue weighted by Crippen LogP contribution is 2.28. The Bertz CT molecular complexity index is 337. The van der Waals surface area contributed by atoms with Crippen molar-refractivity contribution in [1.29, 1.82) is 0 Å². The summed E-state index contributed by atoms with van der Waals surface area (Å²) in [5.74, 6) is 0.535. The average Bonchev–Trinajstić information content (AvgIpc) is 2.20. The SMILES string of the molecule is CC(O)CCOc1c(Br)cccc1C=O. The Morgan fingerprint density at radius 2 is 2.33 bits per heavy atom. The third-order valence-electron chi connectivity index (χ3n) is 1.91. The average molecular weight is 273 g/mol. The Kier molecular flexibility index (Phi) is 4.78. The zero-order valence-electron chi connectivity index (χ0n) is 8.44. The number of aldehydes is 1. The van der Waals surface area contributed by atoms with E-state index >= 15 is 0 Å². The minimum Gasteiger partial charge on any atom is -0.492 e. The summed E-state index contributed by atoms with van der Waals surface area (Å²) in [7, 11) is 0. The number of benzene rings is 1. The van der Waals surface area contributed by atoms with Crippen molar-refractivity contribution in [2.75, 3.05) is 6.61 Å². The van der Waals surface area contributed by atoms with Crippen LogP contribution in [0.2, 0.25) is 0 Å². The number of aliphatic hydroxyl groups is 1. The molecule has 4 heteroatoms. The van der Waals surface area contributed by atoms with Crippen molar-refractivity contribution in [1.82, 2.24) is 0 Å². The number of carbonyl (C=O) groups is 1. The van der Waals surface area contributed by atoms with E-state index in [1.165, 1.54) is 0 Å². The second-order valence-electron chi connectivity index (χ2n) is 3.26. The molecule has 1 atom stereocenters. The molecule has 1 rings (SSSR count). The first kappa shape index (κ1) is 12.2. The fourth-order valence-corrected chi connectivity index (χ4v) is 1.60. The summed E-state index contributed by atoms with van der Waals surface area (Å²) in [6.45, 7) is 2.09. The Hall–Kier alpha value is -0.870. The molecule has 3 nitrogen and oxygen atoms in total. The van der Waals surface area contributed by atoms with E-state index in [1.807, 2.05) is 6.07 Å². The first-order valence-electron chi connectivity index (χ1n) is 4.69. The van der Waals surface area contributed by atoms with E-state index in [0.717, 1.165) is 10.8 Å². The van der Waals surface area contributed by atoms with Gasteiger partial charge in [0.2, 0.25) is 0 Å². The van der Waals surface area contributed by atoms with E-state index in [-0.39, 0.29) is 0 Å². The minimum absolute atomic E-state index is 0.390. The number of hydrogen-bond donors (Lipinski definition) is 1. The quantitative estimate of drug-likeness (QED) is 0.838. The van der Waals surface area contributed by atoms with E-state index < -0.39 is 6.10 Å². The van der Waals surface area contributed by atoms with Gasteiger partial charge >= 0.3 is 0 Å². The van der Waals surface area contributed by atoms with Crippen LogP contribution >= 0.6 is 15.9 Å². The molecule has 0 aliphatic carbocycles. The third-order valence-corrected chi connectivity index (χ3v) is 2.53. The molecule has 0 bridgehead atoms. The van der Waals surface area contributed by atoms with Gasteiger partial charge in [0.05, 0.1) is 22.7 Å². The lowest BCUT2D eigenvalue weighted by Crippen LogP contribution is -2.08. The molecule has 1 aromatic carbocycles. The van der Waals surface area contributed by atoms with Crippen molar-refractivity contribution in [2.45, 2.75) is 19.4 Å². The van der Waals surface area contributed by atoms with Gasteiger partial charge in [0.25, 0.3) is 0 Å². The first-order valence-corrected chi connectivity index (χ1v) is 5.49. The third kappa shape index (κ3) is 3.64. The lowest BCUT2D eigenvalue weighted by molar-refractivity contribution is 0.111. The molecule has 0 amide bonds. The predicted octanol–water partition coefficient (Wildman–Crippen LogP) is 2.41. The van der Waals surface area contributed by atoms with Gasteiger partial charge in [-0.2, -0.15) is 0 Å². The van der Waals surface area contributed by atoms with E-state index in [2.05, 4.69) is 15.9 Å². The topological polar surface area (TPSA) is 46.5 Å². The van der Waals surface area contributed by atoms with E-state index in [0.29, 0.717) is 24.3 Å². The molecule has 1 N–H and O–H groups in total. The summed E-state index contributed by atoms with van der Waals surface area (Å²) in [4.78, 5) is 10.7. The molecule has 0 heterocycles. The Labute approximate surface area is 97.2 Å². The molecular weight excluding hydrogens is 260 g/mol. The molecular formula is C11H13BrO3. The minimum atomic E-state index is -0.396. The summed E-state index contributed by atoms with van der Waals surface area (Å²) < 4.78 is 6.18. The normalized spacial score (nSPS) is 12.2. The van der Waals surface area contributed by atoms with Crippen molar-refractivity contribution in [2.24, 2.45) is 0 Å². The number of aliphatic hydroxyl groups excluding tert-OH is 1. The predicted molar refractivity (Wildman–Crippen MR) is 61.3 cm³/mol. The van der Waals surface area contributed by atoms with Crippen molar-refractivity contribution in [3.63, 3.8) is 0 Å². The van der Waals surface area contributed by atoms with Gasteiger partial charge < -0.3 is 9.84 Å². The van der Waals surface area contributed by atoms with Crippen LogP contribution in [0.5, 0.6) is 5.75 Å². The van der Waals surface area contributed by atoms with Gasteiger partial charge in [-0.05, 0) is 35.0 Å². The zero-order valence-corrected chi connectivity index (χ0v) is 10.0. The molecule has 0 radical (unpaired) electrons. The fraction of sp³-hybridized carbons (Fsp3) is 0.364. The Morgan fingerprint density at radius 3 is 2.93 bits per heavy atom. The van der Waals surface area contributed by atoms with Gasteiger partial charge in [0, 0.05) is 6.42 Å². The van der Waals surface area contributed by atoms with Crippen LogP contribution in [0.15, 0.2) is 22.7 Å². The van der Waals surface area contributed by atoms with E-state index in [9.17, 15) is 4.79 Å². The Balaban J connectivity index is 2.70. The molecule has 1 aromatic rings. The molecule has 0 saturated heterocycles. The first-order chi connectivity index (χ1) is 7.15. The maximum Gasteiger partial charge on any atom is 0.153 e. The molecule has 15 heavy (non-hydrogen) atoms. The summed E-state index contributed by atoms with van der Waals surface area (Å²) in [6, 6.07) is 5.27. The highest BCUT2D eigenvalue weighted by molar-refractivity contribution is 9.10. The molecule has 1 unspecified atom stereocenters. The van der Waals surface area contributed by atoms with Crippen molar-refractivity contribution >= 4 is 22.2 Å². The Morgan fingerprint density at radius 1 is 1.60 bits per heavy atom. The summed E-state index contributed by atoms with van der Waals surface area (Å²) in [5.41, 5.74) is 0.509. The highest BCUT2D eigenvalue weighted by Gasteiger charge is 2.07. The second-order valence-corrected chi connectivity index (χ2v) is 4.12. The largest absolute Gasteiger partial charge is 0.492 e. The number of ether oxygens (including phenoxy) is 1. The lowest BCUT2D eigenvalue weighted by atomic mass is 10.2. The monoisotopic (exact) mass is 272 g/mol. The van der Waals surface area contributed by atoms with Gasteiger partial charge in [-0.15, -0.1) is 0 Å².